The topological polar surface area (TPSA) is 67.2 Å². The van der Waals surface area contributed by atoms with E-state index in [0.29, 0.717) is 5.56 Å². The van der Waals surface area contributed by atoms with Crippen molar-refractivity contribution in [1.29, 1.82) is 0 Å². The zero-order valence-electron chi connectivity index (χ0n) is 8.54. The monoisotopic (exact) mass is 233 g/mol. The van der Waals surface area contributed by atoms with E-state index in [9.17, 15) is 4.79 Å². The summed E-state index contributed by atoms with van der Waals surface area (Å²) >= 11 is 1.72. The van der Waals surface area contributed by atoms with Crippen molar-refractivity contribution in [3.8, 4) is 0 Å². The number of hydrogen-bond donors (Lipinski definition) is 3. The molecule has 0 aliphatic carbocycles. The van der Waals surface area contributed by atoms with E-state index in [1.54, 1.807) is 17.4 Å². The average molecular weight is 233 g/mol. The lowest BCUT2D eigenvalue weighted by atomic mass is 10.1. The molecule has 1 aromatic carbocycles. The first-order valence-electron chi connectivity index (χ1n) is 5.05. The second kappa shape index (κ2) is 3.47. The van der Waals surface area contributed by atoms with Crippen molar-refractivity contribution in [1.82, 2.24) is 5.32 Å². The summed E-state index contributed by atoms with van der Waals surface area (Å²) in [6.45, 7) is 1.63. The molecule has 4 nitrogen and oxygen atoms in total. The molecular weight excluding hydrogens is 222 g/mol. The van der Waals surface area contributed by atoms with Crippen LogP contribution < -0.4 is 16.4 Å². The van der Waals surface area contributed by atoms with Crippen molar-refractivity contribution in [3.63, 3.8) is 0 Å². The van der Waals surface area contributed by atoms with Gasteiger partial charge in [0, 0.05) is 22.4 Å². The van der Waals surface area contributed by atoms with Crippen LogP contribution in [0.15, 0.2) is 18.2 Å². The number of fused-ring (bicyclic) bond motifs is 3. The Kier molecular flexibility index (Phi) is 2.08. The van der Waals surface area contributed by atoms with Gasteiger partial charge in [-0.15, -0.1) is 11.3 Å². The fourth-order valence-electron chi connectivity index (χ4n) is 1.95. The molecule has 2 heterocycles. The molecule has 2 aromatic rings. The third kappa shape index (κ3) is 1.36. The van der Waals surface area contributed by atoms with Crippen molar-refractivity contribution in [2.75, 3.05) is 12.0 Å². The van der Waals surface area contributed by atoms with Gasteiger partial charge in [0.1, 0.15) is 0 Å². The zero-order valence-corrected chi connectivity index (χ0v) is 9.36. The Hall–Kier alpha value is -1.59. The lowest BCUT2D eigenvalue weighted by molar-refractivity contribution is 0.100. The number of carbonyl (C=O) groups excluding carboxylic acids is 1. The molecule has 0 saturated heterocycles. The molecule has 1 amide bonds. The summed E-state index contributed by atoms with van der Waals surface area (Å²) in [4.78, 5) is 11.1. The molecule has 3 rings (SSSR count). The number of carbonyl (C=O) groups is 1. The highest BCUT2D eigenvalue weighted by atomic mass is 32.1. The Morgan fingerprint density at radius 3 is 3.12 bits per heavy atom. The van der Waals surface area contributed by atoms with E-state index in [0.717, 1.165) is 18.6 Å². The predicted molar refractivity (Wildman–Crippen MR) is 65.7 cm³/mol. The highest BCUT2D eigenvalue weighted by Gasteiger charge is 2.15. The number of amides is 1. The summed E-state index contributed by atoms with van der Waals surface area (Å²) in [5.41, 5.74) is 7.08. The molecule has 16 heavy (non-hydrogen) atoms. The largest absolute Gasteiger partial charge is 0.366 e. The first-order chi connectivity index (χ1) is 7.75. The van der Waals surface area contributed by atoms with Crippen molar-refractivity contribution < 1.29 is 4.79 Å². The highest BCUT2D eigenvalue weighted by molar-refractivity contribution is 7.23. The SMILES string of the molecule is NC(=O)c1ccc2sc3c(c2c1)CNCN3. The number of thiophene rings is 1. The lowest BCUT2D eigenvalue weighted by Gasteiger charge is -2.14. The molecule has 4 N–H and O–H groups in total. The maximum absolute atomic E-state index is 11.1. The van der Waals surface area contributed by atoms with Crippen LogP contribution in [0.5, 0.6) is 0 Å². The number of nitrogens with one attached hydrogen (secondary N) is 2. The molecule has 0 bridgehead atoms. The molecule has 1 aliphatic rings. The summed E-state index contributed by atoms with van der Waals surface area (Å²) in [6.07, 6.45) is 0. The number of hydrogen-bond acceptors (Lipinski definition) is 4. The number of rotatable bonds is 1. The van der Waals surface area contributed by atoms with Crippen LogP contribution in [0.4, 0.5) is 5.00 Å². The molecule has 1 aromatic heterocycles. The van der Waals surface area contributed by atoms with E-state index in [2.05, 4.69) is 10.6 Å². The fourth-order valence-corrected chi connectivity index (χ4v) is 3.05. The summed E-state index contributed by atoms with van der Waals surface area (Å²) in [6, 6.07) is 5.61. The molecule has 0 unspecified atom stereocenters. The maximum atomic E-state index is 11.1. The first kappa shape index (κ1) is 9.62. The molecule has 5 heteroatoms. The lowest BCUT2D eigenvalue weighted by Crippen LogP contribution is -2.26. The highest BCUT2D eigenvalue weighted by Crippen LogP contribution is 2.37. The van der Waals surface area contributed by atoms with E-state index in [4.69, 9.17) is 5.73 Å². The summed E-state index contributed by atoms with van der Waals surface area (Å²) < 4.78 is 1.19. The standard InChI is InChI=1S/C11H11N3OS/c12-10(15)6-1-2-9-7(3-6)8-4-13-5-14-11(8)16-9/h1-3,13-14H,4-5H2,(H2,12,15). The molecule has 0 saturated carbocycles. The molecular formula is C11H11N3OS. The van der Waals surface area contributed by atoms with Gasteiger partial charge in [0.15, 0.2) is 0 Å². The Morgan fingerprint density at radius 1 is 1.44 bits per heavy atom. The van der Waals surface area contributed by atoms with Gasteiger partial charge in [-0.2, -0.15) is 0 Å². The van der Waals surface area contributed by atoms with Gasteiger partial charge >= 0.3 is 0 Å². The fraction of sp³-hybridized carbons (Fsp3) is 0.182. The summed E-state index contributed by atoms with van der Waals surface area (Å²) in [7, 11) is 0. The Bertz CT molecular complexity index is 576. The Morgan fingerprint density at radius 2 is 2.31 bits per heavy atom. The van der Waals surface area contributed by atoms with Crippen molar-refractivity contribution in [3.05, 3.63) is 29.3 Å². The van der Waals surface area contributed by atoms with Crippen molar-refractivity contribution in [2.24, 2.45) is 5.73 Å². The minimum atomic E-state index is -0.376. The van der Waals surface area contributed by atoms with Gasteiger partial charge in [-0.25, -0.2) is 0 Å². The van der Waals surface area contributed by atoms with Crippen molar-refractivity contribution >= 4 is 32.3 Å². The minimum Gasteiger partial charge on any atom is -0.366 e. The number of benzene rings is 1. The molecule has 0 atom stereocenters. The van der Waals surface area contributed by atoms with Crippen LogP contribution in [0.25, 0.3) is 10.1 Å². The van der Waals surface area contributed by atoms with Crippen molar-refractivity contribution in [2.45, 2.75) is 6.54 Å². The van der Waals surface area contributed by atoms with E-state index < -0.39 is 0 Å². The van der Waals surface area contributed by atoms with E-state index >= 15 is 0 Å². The summed E-state index contributed by atoms with van der Waals surface area (Å²) in [5, 5.41) is 8.85. The molecule has 0 radical (unpaired) electrons. The third-order valence-electron chi connectivity index (χ3n) is 2.75. The van der Waals surface area contributed by atoms with Gasteiger partial charge < -0.3 is 11.1 Å². The van der Waals surface area contributed by atoms with Crippen LogP contribution in [0.3, 0.4) is 0 Å². The second-order valence-corrected chi connectivity index (χ2v) is 4.82. The predicted octanol–water partition coefficient (Wildman–Crippen LogP) is 1.47. The Balaban J connectivity index is 2.25. The molecule has 1 aliphatic heterocycles. The van der Waals surface area contributed by atoms with Crippen LogP contribution in [0.1, 0.15) is 15.9 Å². The quantitative estimate of drug-likeness (QED) is 0.698. The van der Waals surface area contributed by atoms with Gasteiger partial charge in [0.2, 0.25) is 5.91 Å². The van der Waals surface area contributed by atoms with Crippen LogP contribution in [0.2, 0.25) is 0 Å². The zero-order chi connectivity index (χ0) is 11.1. The van der Waals surface area contributed by atoms with E-state index in [1.165, 1.54) is 15.3 Å². The van der Waals surface area contributed by atoms with E-state index in [1.807, 2.05) is 12.1 Å². The molecule has 0 spiro atoms. The van der Waals surface area contributed by atoms with Gasteiger partial charge in [0.05, 0.1) is 11.7 Å². The van der Waals surface area contributed by atoms with Gasteiger partial charge in [0.25, 0.3) is 0 Å². The molecule has 82 valence electrons. The van der Waals surface area contributed by atoms with Crippen LogP contribution in [-0.2, 0) is 6.54 Å². The van der Waals surface area contributed by atoms with Crippen LogP contribution in [0, 0.1) is 0 Å². The normalized spacial score (nSPS) is 14.5. The first-order valence-corrected chi connectivity index (χ1v) is 5.87. The molecule has 0 fully saturated rings. The maximum Gasteiger partial charge on any atom is 0.248 e. The Labute approximate surface area is 96.4 Å². The number of nitrogens with two attached hydrogens (primary N) is 1. The number of anilines is 1. The van der Waals surface area contributed by atoms with Crippen LogP contribution in [-0.4, -0.2) is 12.6 Å². The smallest absolute Gasteiger partial charge is 0.248 e. The van der Waals surface area contributed by atoms with Crippen LogP contribution >= 0.6 is 11.3 Å². The summed E-state index contributed by atoms with van der Waals surface area (Å²) in [5.74, 6) is -0.376. The van der Waals surface area contributed by atoms with Gasteiger partial charge in [-0.3, -0.25) is 10.1 Å². The second-order valence-electron chi connectivity index (χ2n) is 3.77. The number of primary amides is 1. The van der Waals surface area contributed by atoms with Gasteiger partial charge in [-0.1, -0.05) is 0 Å². The minimum absolute atomic E-state index is 0.376. The van der Waals surface area contributed by atoms with E-state index in [-0.39, 0.29) is 5.91 Å². The average Bonchev–Trinajstić information content (AvgIpc) is 2.66. The third-order valence-corrected chi connectivity index (χ3v) is 3.92. The van der Waals surface area contributed by atoms with Gasteiger partial charge in [-0.05, 0) is 23.6 Å².